The molecule has 3 N–H and O–H groups in total. The number of hydrogen-bond acceptors (Lipinski definition) is 5. The molecule has 1 aliphatic rings. The van der Waals surface area contributed by atoms with E-state index in [2.05, 4.69) is 24.2 Å². The number of carbonyl (C=O) groups excluding carboxylic acids is 1. The zero-order valence-corrected chi connectivity index (χ0v) is 21.4. The number of hydrogen-bond donors (Lipinski definition) is 2. The van der Waals surface area contributed by atoms with Gasteiger partial charge >= 0.3 is 0 Å². The Morgan fingerprint density at radius 3 is 2.53 bits per heavy atom. The molecule has 36 heavy (non-hydrogen) atoms. The first-order chi connectivity index (χ1) is 17.4. The van der Waals surface area contributed by atoms with Crippen LogP contribution in [-0.2, 0) is 11.3 Å². The minimum atomic E-state index is 0.0103. The third-order valence-electron chi connectivity index (χ3n) is 6.46. The molecule has 1 aliphatic heterocycles. The van der Waals surface area contributed by atoms with Crippen molar-refractivity contribution in [2.75, 3.05) is 26.7 Å². The van der Waals surface area contributed by atoms with Crippen LogP contribution in [0.4, 0.5) is 5.69 Å². The molecule has 7 nitrogen and oxygen atoms in total. The molecule has 0 aliphatic carbocycles. The van der Waals surface area contributed by atoms with Crippen molar-refractivity contribution in [2.24, 2.45) is 10.7 Å². The molecule has 0 radical (unpaired) electrons. The van der Waals surface area contributed by atoms with Gasteiger partial charge in [0.1, 0.15) is 5.84 Å². The summed E-state index contributed by atoms with van der Waals surface area (Å²) in [5.41, 5.74) is 10.5. The highest BCUT2D eigenvalue weighted by Crippen LogP contribution is 2.33. The number of rotatable bonds is 9. The highest BCUT2D eigenvalue weighted by Gasteiger charge is 2.21. The summed E-state index contributed by atoms with van der Waals surface area (Å²) in [5.74, 6) is 0.461. The first kappa shape index (κ1) is 25.4. The van der Waals surface area contributed by atoms with Crippen LogP contribution in [0.1, 0.15) is 38.7 Å². The van der Waals surface area contributed by atoms with Crippen molar-refractivity contribution >= 4 is 34.3 Å². The van der Waals surface area contributed by atoms with Crippen molar-refractivity contribution in [2.45, 2.75) is 39.7 Å². The van der Waals surface area contributed by atoms with E-state index in [1.54, 1.807) is 4.57 Å². The number of amides is 1. The molecule has 0 unspecified atom stereocenters. The summed E-state index contributed by atoms with van der Waals surface area (Å²) in [6, 6.07) is 13.9. The van der Waals surface area contributed by atoms with Crippen LogP contribution in [0, 0.1) is 0 Å². The van der Waals surface area contributed by atoms with E-state index < -0.39 is 0 Å². The highest BCUT2D eigenvalue weighted by atomic mass is 16.2. The predicted octanol–water partition coefficient (Wildman–Crippen LogP) is 4.31. The number of aromatic nitrogens is 1. The van der Waals surface area contributed by atoms with Gasteiger partial charge in [0.05, 0.1) is 5.69 Å². The van der Waals surface area contributed by atoms with Crippen LogP contribution in [0.2, 0.25) is 0 Å². The molecule has 0 spiro atoms. The van der Waals surface area contributed by atoms with Crippen LogP contribution in [0.5, 0.6) is 0 Å². The molecular formula is C29H35N5O2. The lowest BCUT2D eigenvalue weighted by Gasteiger charge is -2.22. The second kappa shape index (κ2) is 11.4. The van der Waals surface area contributed by atoms with Gasteiger partial charge in [-0.1, -0.05) is 32.0 Å². The fourth-order valence-electron chi connectivity index (χ4n) is 4.64. The lowest BCUT2D eigenvalue weighted by molar-refractivity contribution is -0.127. The molecule has 3 aromatic rings. The lowest BCUT2D eigenvalue weighted by atomic mass is 9.99. The van der Waals surface area contributed by atoms with Crippen LogP contribution >= 0.6 is 0 Å². The number of benzene rings is 2. The minimum absolute atomic E-state index is 0.0103. The van der Waals surface area contributed by atoms with Crippen molar-refractivity contribution in [3.63, 3.8) is 0 Å². The smallest absolute Gasteiger partial charge is 0.258 e. The van der Waals surface area contributed by atoms with E-state index in [0.29, 0.717) is 29.8 Å². The number of nitrogens with two attached hydrogens (primary N) is 1. The normalized spacial score (nSPS) is 13.1. The van der Waals surface area contributed by atoms with Gasteiger partial charge in [-0.3, -0.25) is 9.59 Å². The third-order valence-corrected chi connectivity index (χ3v) is 6.46. The van der Waals surface area contributed by atoms with Crippen LogP contribution < -0.4 is 16.6 Å². The van der Waals surface area contributed by atoms with E-state index in [4.69, 9.17) is 5.73 Å². The molecule has 0 atom stereocenters. The maximum absolute atomic E-state index is 13.2. The summed E-state index contributed by atoms with van der Waals surface area (Å²) < 4.78 is 1.73. The van der Waals surface area contributed by atoms with Gasteiger partial charge in [0.25, 0.3) is 5.56 Å². The van der Waals surface area contributed by atoms with Crippen LogP contribution in [-0.4, -0.2) is 47.9 Å². The standard InChI is InChI=1S/C29H35N5O2/c1-4-12-33(13-5-2)28(35)24-17-23-7-6-21(18-26(23)32-27(30)19-24)20-8-9-25-22(16-20)10-14-34(29(25)36)15-11-31-3/h6-10,14,16-18,31H,4-5,11-13,15,19H2,1-3H3,(H2,30,32). The van der Waals surface area contributed by atoms with Crippen LogP contribution in [0.25, 0.3) is 28.0 Å². The van der Waals surface area contributed by atoms with Gasteiger partial charge < -0.3 is 20.5 Å². The molecule has 0 saturated heterocycles. The number of likely N-dealkylation sites (N-methyl/N-ethyl adjacent to an activating group) is 1. The van der Waals surface area contributed by atoms with E-state index in [0.717, 1.165) is 60.2 Å². The van der Waals surface area contributed by atoms with Gasteiger partial charge in [-0.25, -0.2) is 4.99 Å². The summed E-state index contributed by atoms with van der Waals surface area (Å²) in [6.45, 7) is 6.99. The number of amidine groups is 1. The maximum Gasteiger partial charge on any atom is 0.258 e. The number of nitrogens with one attached hydrogen (secondary N) is 1. The molecule has 0 bridgehead atoms. The van der Waals surface area contributed by atoms with Gasteiger partial charge in [-0.15, -0.1) is 0 Å². The molecule has 4 rings (SSSR count). The Labute approximate surface area is 212 Å². The average molecular weight is 486 g/mol. The Morgan fingerprint density at radius 1 is 1.08 bits per heavy atom. The Hall–Kier alpha value is -3.71. The summed E-state index contributed by atoms with van der Waals surface area (Å²) >= 11 is 0. The quantitative estimate of drug-likeness (QED) is 0.472. The highest BCUT2D eigenvalue weighted by molar-refractivity contribution is 6.05. The molecule has 0 saturated carbocycles. The maximum atomic E-state index is 13.2. The molecule has 7 heteroatoms. The van der Waals surface area contributed by atoms with Gasteiger partial charge in [0.2, 0.25) is 5.91 Å². The number of carbonyl (C=O) groups is 1. The van der Waals surface area contributed by atoms with Crippen molar-refractivity contribution in [3.8, 4) is 11.1 Å². The first-order valence-corrected chi connectivity index (χ1v) is 12.7. The minimum Gasteiger partial charge on any atom is -0.387 e. The fourth-order valence-corrected chi connectivity index (χ4v) is 4.64. The summed E-state index contributed by atoms with van der Waals surface area (Å²) in [4.78, 5) is 32.6. The average Bonchev–Trinajstić information content (AvgIpc) is 3.05. The largest absolute Gasteiger partial charge is 0.387 e. The SMILES string of the molecule is CCCN(CCC)C(=O)C1=Cc2ccc(-c3ccc4c(=O)n(CCNC)ccc4c3)cc2N=C(N)C1. The monoisotopic (exact) mass is 485 g/mol. The van der Waals surface area contributed by atoms with Crippen molar-refractivity contribution in [1.29, 1.82) is 0 Å². The molecule has 2 aromatic carbocycles. The Morgan fingerprint density at radius 2 is 1.81 bits per heavy atom. The van der Waals surface area contributed by atoms with Crippen LogP contribution in [0.3, 0.4) is 0 Å². The summed E-state index contributed by atoms with van der Waals surface area (Å²) in [6.07, 6.45) is 5.94. The first-order valence-electron chi connectivity index (χ1n) is 12.7. The zero-order valence-electron chi connectivity index (χ0n) is 21.4. The van der Waals surface area contributed by atoms with E-state index in [1.807, 2.05) is 66.7 Å². The number of pyridine rings is 1. The molecule has 2 heterocycles. The number of fused-ring (bicyclic) bond motifs is 2. The van der Waals surface area contributed by atoms with Crippen molar-refractivity contribution in [3.05, 3.63) is 70.2 Å². The zero-order chi connectivity index (χ0) is 25.7. The Kier molecular flexibility index (Phi) is 8.00. The van der Waals surface area contributed by atoms with Crippen molar-refractivity contribution in [1.82, 2.24) is 14.8 Å². The fraction of sp³-hybridized carbons (Fsp3) is 0.345. The van der Waals surface area contributed by atoms with E-state index >= 15 is 0 Å². The number of nitrogens with zero attached hydrogens (tertiary/aromatic N) is 3. The van der Waals surface area contributed by atoms with E-state index in [9.17, 15) is 9.59 Å². The van der Waals surface area contributed by atoms with Crippen molar-refractivity contribution < 1.29 is 4.79 Å². The number of aliphatic imine (C=N–C) groups is 1. The molecular weight excluding hydrogens is 450 g/mol. The molecule has 1 aromatic heterocycles. The topological polar surface area (TPSA) is 92.7 Å². The summed E-state index contributed by atoms with van der Waals surface area (Å²) in [7, 11) is 1.87. The van der Waals surface area contributed by atoms with Gasteiger partial charge in [0, 0.05) is 55.3 Å². The van der Waals surface area contributed by atoms with Crippen LogP contribution in [0.15, 0.2) is 64.0 Å². The van der Waals surface area contributed by atoms with E-state index in [1.165, 1.54) is 0 Å². The Bertz CT molecular complexity index is 1380. The second-order valence-corrected chi connectivity index (χ2v) is 9.24. The van der Waals surface area contributed by atoms with E-state index in [-0.39, 0.29) is 11.5 Å². The predicted molar refractivity (Wildman–Crippen MR) is 149 cm³/mol. The van der Waals surface area contributed by atoms with Gasteiger partial charge in [-0.05, 0) is 66.7 Å². The van der Waals surface area contributed by atoms with Gasteiger partial charge in [-0.2, -0.15) is 0 Å². The summed E-state index contributed by atoms with van der Waals surface area (Å²) in [5, 5.41) is 4.67. The second-order valence-electron chi connectivity index (χ2n) is 9.24. The molecule has 188 valence electrons. The molecule has 1 amide bonds. The lowest BCUT2D eigenvalue weighted by Crippen LogP contribution is -2.34. The van der Waals surface area contributed by atoms with Gasteiger partial charge in [0.15, 0.2) is 0 Å². The molecule has 0 fully saturated rings. The third kappa shape index (κ3) is 5.41. The Balaban J connectivity index is 1.68.